The van der Waals surface area contributed by atoms with Crippen LogP contribution in [0.25, 0.3) is 21.5 Å². The summed E-state index contributed by atoms with van der Waals surface area (Å²) in [6.07, 6.45) is 18.3. The van der Waals surface area contributed by atoms with Crippen LogP contribution in [0.15, 0.2) is 134 Å². The van der Waals surface area contributed by atoms with E-state index in [0.717, 1.165) is 25.8 Å². The van der Waals surface area contributed by atoms with Gasteiger partial charge in [-0.05, 0) is 84.3 Å². The molecule has 4 aromatic rings. The first kappa shape index (κ1) is 30.6. The quantitative estimate of drug-likeness (QED) is 0.101. The molecule has 2 nitrogen and oxygen atoms in total. The number of hydrogen-bond acceptors (Lipinski definition) is 1. The third-order valence-corrected chi connectivity index (χ3v) is 10.1. The fourth-order valence-corrected chi connectivity index (χ4v) is 7.91. The number of nitrogens with zero attached hydrogens (tertiary/aromatic N) is 2. The number of benzene rings is 4. The summed E-state index contributed by atoms with van der Waals surface area (Å²) < 4.78 is 2.36. The van der Waals surface area contributed by atoms with Gasteiger partial charge >= 0.3 is 0 Å². The minimum atomic E-state index is -0.158. The van der Waals surface area contributed by atoms with Crippen LogP contribution in [0.4, 0.5) is 11.4 Å². The number of fused-ring (bicyclic) bond motifs is 6. The molecule has 45 heavy (non-hydrogen) atoms. The molecule has 0 spiro atoms. The summed E-state index contributed by atoms with van der Waals surface area (Å²) in [7, 11) is 2.20. The molecule has 6 rings (SSSR count). The van der Waals surface area contributed by atoms with E-state index in [1.807, 2.05) is 0 Å². The van der Waals surface area contributed by atoms with Gasteiger partial charge in [-0.3, -0.25) is 0 Å². The third kappa shape index (κ3) is 5.11. The van der Waals surface area contributed by atoms with Gasteiger partial charge in [-0.2, -0.15) is 4.58 Å². The van der Waals surface area contributed by atoms with Crippen LogP contribution in [-0.2, 0) is 10.8 Å². The second kappa shape index (κ2) is 12.2. The summed E-state index contributed by atoms with van der Waals surface area (Å²) in [6.45, 7) is 18.7. The van der Waals surface area contributed by atoms with E-state index in [1.165, 1.54) is 55.5 Å². The lowest BCUT2D eigenvalue weighted by Crippen LogP contribution is -2.30. The molecule has 0 radical (unpaired) electrons. The van der Waals surface area contributed by atoms with Gasteiger partial charge in [0, 0.05) is 41.1 Å². The zero-order chi connectivity index (χ0) is 31.8. The lowest BCUT2D eigenvalue weighted by atomic mass is 9.74. The summed E-state index contributed by atoms with van der Waals surface area (Å²) in [5.41, 5.74) is 7.76. The van der Waals surface area contributed by atoms with E-state index in [-0.39, 0.29) is 10.8 Å². The highest BCUT2D eigenvalue weighted by Crippen LogP contribution is 2.53. The smallest absolute Gasteiger partial charge is 0.210 e. The van der Waals surface area contributed by atoms with Gasteiger partial charge in [0.25, 0.3) is 0 Å². The highest BCUT2D eigenvalue weighted by molar-refractivity contribution is 6.08. The predicted octanol–water partition coefficient (Wildman–Crippen LogP) is 11.0. The summed E-state index contributed by atoms with van der Waals surface area (Å²) >= 11 is 0. The Hall–Kier alpha value is -4.43. The van der Waals surface area contributed by atoms with Crippen LogP contribution in [0.2, 0.25) is 0 Å². The molecular formula is C43H47N2+. The van der Waals surface area contributed by atoms with Crippen LogP contribution in [0.3, 0.4) is 0 Å². The van der Waals surface area contributed by atoms with E-state index in [2.05, 4.69) is 173 Å². The normalized spacial score (nSPS) is 22.1. The molecule has 0 saturated heterocycles. The molecule has 0 aromatic heterocycles. The van der Waals surface area contributed by atoms with Crippen LogP contribution >= 0.6 is 0 Å². The van der Waals surface area contributed by atoms with Crippen molar-refractivity contribution in [3.63, 3.8) is 0 Å². The standard InChI is InChI=1S/C43H47N2/c1-8-28-42(5)38(44(7)36-25-23-32-17-13-15-19-34(32)40(36)42)21-11-10-12-22-39-43(6,29-9-2)41-35-20-16-14-18-33(35)24-26-37(41)45(39)30-27-31(3)4/h8-26,31H,1-2,27-30H2,3-7H3/q+1. The van der Waals surface area contributed by atoms with Crippen molar-refractivity contribution in [2.45, 2.75) is 57.8 Å². The zero-order valence-electron chi connectivity index (χ0n) is 27.7. The number of allylic oxidation sites excluding steroid dienone is 8. The molecule has 0 amide bonds. The van der Waals surface area contributed by atoms with Crippen LogP contribution in [0, 0.1) is 5.92 Å². The van der Waals surface area contributed by atoms with Crippen molar-refractivity contribution < 1.29 is 4.58 Å². The van der Waals surface area contributed by atoms with Gasteiger partial charge in [-0.25, -0.2) is 0 Å². The molecule has 4 aromatic carbocycles. The van der Waals surface area contributed by atoms with E-state index >= 15 is 0 Å². The first-order chi connectivity index (χ1) is 21.7. The second-order valence-electron chi connectivity index (χ2n) is 13.6. The molecule has 2 aliphatic heterocycles. The van der Waals surface area contributed by atoms with Gasteiger partial charge in [0.15, 0.2) is 5.71 Å². The predicted molar refractivity (Wildman–Crippen MR) is 196 cm³/mol. The molecule has 2 atom stereocenters. The Balaban J connectivity index is 1.38. The summed E-state index contributed by atoms with van der Waals surface area (Å²) in [4.78, 5) is 2.57. The Labute approximate surface area is 270 Å². The number of rotatable bonds is 10. The van der Waals surface area contributed by atoms with E-state index < -0.39 is 0 Å². The second-order valence-corrected chi connectivity index (χ2v) is 13.6. The molecular weight excluding hydrogens is 544 g/mol. The lowest BCUT2D eigenvalue weighted by molar-refractivity contribution is -0.401. The van der Waals surface area contributed by atoms with Gasteiger partial charge in [0.05, 0.1) is 5.41 Å². The van der Waals surface area contributed by atoms with Gasteiger partial charge in [0.1, 0.15) is 7.05 Å². The summed E-state index contributed by atoms with van der Waals surface area (Å²) in [5, 5.41) is 5.25. The topological polar surface area (TPSA) is 6.25 Å². The van der Waals surface area contributed by atoms with Gasteiger partial charge < -0.3 is 4.90 Å². The minimum Gasteiger partial charge on any atom is -0.344 e. The first-order valence-electron chi connectivity index (χ1n) is 16.4. The van der Waals surface area contributed by atoms with Crippen LogP contribution in [0.5, 0.6) is 0 Å². The fourth-order valence-electron chi connectivity index (χ4n) is 7.91. The monoisotopic (exact) mass is 591 g/mol. The lowest BCUT2D eigenvalue weighted by Gasteiger charge is -2.30. The average molecular weight is 592 g/mol. The van der Waals surface area contributed by atoms with Crippen LogP contribution in [0.1, 0.15) is 58.1 Å². The Morgan fingerprint density at radius 2 is 1.38 bits per heavy atom. The molecule has 0 bridgehead atoms. The van der Waals surface area contributed by atoms with Gasteiger partial charge in [-0.15, -0.1) is 13.2 Å². The summed E-state index contributed by atoms with van der Waals surface area (Å²) in [5.74, 6) is 0.631. The van der Waals surface area contributed by atoms with Crippen molar-refractivity contribution in [1.82, 2.24) is 0 Å². The minimum absolute atomic E-state index is 0.153. The Kier molecular flexibility index (Phi) is 8.27. The van der Waals surface area contributed by atoms with Crippen molar-refractivity contribution in [1.29, 1.82) is 0 Å². The van der Waals surface area contributed by atoms with E-state index in [1.54, 1.807) is 0 Å². The molecule has 2 unspecified atom stereocenters. The van der Waals surface area contributed by atoms with Crippen molar-refractivity contribution in [3.05, 3.63) is 145 Å². The highest BCUT2D eigenvalue weighted by atomic mass is 15.2. The largest absolute Gasteiger partial charge is 0.344 e. The Bertz CT molecular complexity index is 1920. The maximum Gasteiger partial charge on any atom is 0.210 e. The number of anilines is 1. The van der Waals surface area contributed by atoms with Crippen LogP contribution in [-0.4, -0.2) is 23.9 Å². The van der Waals surface area contributed by atoms with Crippen molar-refractivity contribution in [2.75, 3.05) is 18.5 Å². The van der Waals surface area contributed by atoms with Gasteiger partial charge in [-0.1, -0.05) is 98.8 Å². The van der Waals surface area contributed by atoms with E-state index in [9.17, 15) is 0 Å². The SMILES string of the molecule is C=CCC1(C)C(/C=C/C=C/C=C2/N(CCC(C)C)c3ccc4ccccc4c3C2(C)CC=C)=[N+](C)c2ccc3ccccc3c21. The van der Waals surface area contributed by atoms with E-state index in [4.69, 9.17) is 0 Å². The third-order valence-electron chi connectivity index (χ3n) is 10.1. The number of hydrogen-bond donors (Lipinski definition) is 0. The van der Waals surface area contributed by atoms with E-state index in [0.29, 0.717) is 5.92 Å². The summed E-state index contributed by atoms with van der Waals surface area (Å²) in [6, 6.07) is 26.7. The molecule has 228 valence electrons. The molecule has 2 heterocycles. The van der Waals surface area contributed by atoms with Crippen LogP contribution < -0.4 is 4.90 Å². The first-order valence-corrected chi connectivity index (χ1v) is 16.4. The fraction of sp³-hybridized carbons (Fsp3) is 0.279. The maximum atomic E-state index is 4.19. The molecule has 2 heteroatoms. The molecule has 0 aliphatic carbocycles. The van der Waals surface area contributed by atoms with Crippen molar-refractivity contribution >= 4 is 38.6 Å². The molecule has 0 N–H and O–H groups in total. The van der Waals surface area contributed by atoms with Gasteiger partial charge in [0.2, 0.25) is 5.69 Å². The zero-order valence-corrected chi connectivity index (χ0v) is 27.7. The average Bonchev–Trinajstić information content (AvgIpc) is 3.40. The molecule has 2 aliphatic rings. The van der Waals surface area contributed by atoms with Crippen molar-refractivity contribution in [2.24, 2.45) is 5.92 Å². The van der Waals surface area contributed by atoms with Crippen molar-refractivity contribution in [3.8, 4) is 0 Å². The Morgan fingerprint density at radius 1 is 0.756 bits per heavy atom. The maximum absolute atomic E-state index is 4.19. The highest BCUT2D eigenvalue weighted by Gasteiger charge is 2.47. The Morgan fingerprint density at radius 3 is 2.04 bits per heavy atom. The molecule has 0 fully saturated rings. The molecule has 0 saturated carbocycles.